The second-order valence-electron chi connectivity index (χ2n) is 6.18. The fourth-order valence-corrected chi connectivity index (χ4v) is 2.82. The Kier molecular flexibility index (Phi) is 5.66. The van der Waals surface area contributed by atoms with Crippen molar-refractivity contribution in [3.05, 3.63) is 89.5 Å². The van der Waals surface area contributed by atoms with Gasteiger partial charge in [0, 0.05) is 6.54 Å². The zero-order valence-corrected chi connectivity index (χ0v) is 14.4. The fraction of sp³-hybridized carbons (Fsp3) is 0.136. The third-order valence-electron chi connectivity index (χ3n) is 4.23. The average Bonchev–Trinajstić information content (AvgIpc) is 2.67. The van der Waals surface area contributed by atoms with Crippen LogP contribution in [0.4, 0.5) is 0 Å². The summed E-state index contributed by atoms with van der Waals surface area (Å²) in [7, 11) is 0. The van der Waals surface area contributed by atoms with Crippen LogP contribution in [0.5, 0.6) is 5.75 Å². The largest absolute Gasteiger partial charge is 0.508 e. The summed E-state index contributed by atoms with van der Waals surface area (Å²) in [6.45, 7) is 1.58. The zero-order chi connectivity index (χ0) is 18.4. The minimum absolute atomic E-state index is 0.283. The van der Waals surface area contributed by atoms with Crippen molar-refractivity contribution >= 4 is 5.97 Å². The van der Waals surface area contributed by atoms with Crippen LogP contribution in [-0.2, 0) is 13.0 Å². The number of hydrogen-bond donors (Lipinski definition) is 3. The summed E-state index contributed by atoms with van der Waals surface area (Å²) in [5.41, 5.74) is 4.52. The maximum Gasteiger partial charge on any atom is 0.335 e. The molecule has 0 aliphatic carbocycles. The highest BCUT2D eigenvalue weighted by molar-refractivity contribution is 5.89. The van der Waals surface area contributed by atoms with Crippen molar-refractivity contribution in [2.75, 3.05) is 6.54 Å². The monoisotopic (exact) mass is 347 g/mol. The number of nitrogens with one attached hydrogen (secondary N) is 1. The lowest BCUT2D eigenvalue weighted by Gasteiger charge is -2.08. The van der Waals surface area contributed by atoms with Gasteiger partial charge in [-0.05, 0) is 65.6 Å². The van der Waals surface area contributed by atoms with Crippen LogP contribution in [0.3, 0.4) is 0 Å². The number of phenols is 1. The molecule has 0 bridgehead atoms. The van der Waals surface area contributed by atoms with Crippen molar-refractivity contribution in [3.63, 3.8) is 0 Å². The Morgan fingerprint density at radius 2 is 1.54 bits per heavy atom. The summed E-state index contributed by atoms with van der Waals surface area (Å²) in [6, 6.07) is 22.3. The van der Waals surface area contributed by atoms with Crippen molar-refractivity contribution in [2.24, 2.45) is 0 Å². The van der Waals surface area contributed by atoms with Gasteiger partial charge in [-0.3, -0.25) is 0 Å². The fourth-order valence-electron chi connectivity index (χ4n) is 2.82. The molecule has 0 amide bonds. The van der Waals surface area contributed by atoms with E-state index >= 15 is 0 Å². The molecule has 0 heterocycles. The van der Waals surface area contributed by atoms with Gasteiger partial charge in [0.25, 0.3) is 0 Å². The van der Waals surface area contributed by atoms with E-state index in [0.29, 0.717) is 5.56 Å². The quantitative estimate of drug-likeness (QED) is 0.563. The molecule has 4 heteroatoms. The molecule has 3 N–H and O–H groups in total. The summed E-state index contributed by atoms with van der Waals surface area (Å²) >= 11 is 0. The molecule has 0 aliphatic rings. The molecule has 0 atom stereocenters. The highest BCUT2D eigenvalue weighted by atomic mass is 16.4. The van der Waals surface area contributed by atoms with Crippen molar-refractivity contribution in [2.45, 2.75) is 13.0 Å². The molecular weight excluding hydrogens is 326 g/mol. The number of carbonyl (C=O) groups is 1. The topological polar surface area (TPSA) is 69.6 Å². The Balaban J connectivity index is 1.60. The highest BCUT2D eigenvalue weighted by Gasteiger charge is 2.05. The van der Waals surface area contributed by atoms with Crippen LogP contribution in [0, 0.1) is 0 Å². The molecule has 0 saturated carbocycles. The molecular formula is C22H21NO3. The first-order chi connectivity index (χ1) is 12.6. The first-order valence-electron chi connectivity index (χ1n) is 8.53. The van der Waals surface area contributed by atoms with Gasteiger partial charge >= 0.3 is 5.97 Å². The Labute approximate surface area is 152 Å². The second-order valence-corrected chi connectivity index (χ2v) is 6.18. The normalized spacial score (nSPS) is 10.6. The van der Waals surface area contributed by atoms with E-state index in [1.165, 1.54) is 5.56 Å². The van der Waals surface area contributed by atoms with Crippen molar-refractivity contribution in [3.8, 4) is 16.9 Å². The van der Waals surface area contributed by atoms with E-state index < -0.39 is 5.97 Å². The lowest BCUT2D eigenvalue weighted by atomic mass is 10.0. The summed E-state index contributed by atoms with van der Waals surface area (Å²) in [5, 5.41) is 21.9. The van der Waals surface area contributed by atoms with E-state index in [0.717, 1.165) is 36.2 Å². The third kappa shape index (κ3) is 4.71. The lowest BCUT2D eigenvalue weighted by molar-refractivity contribution is 0.0697. The van der Waals surface area contributed by atoms with E-state index in [1.54, 1.807) is 30.3 Å². The van der Waals surface area contributed by atoms with E-state index in [-0.39, 0.29) is 5.75 Å². The van der Waals surface area contributed by atoms with Gasteiger partial charge in [0.2, 0.25) is 0 Å². The maximum atomic E-state index is 11.1. The Hall–Kier alpha value is -3.11. The lowest BCUT2D eigenvalue weighted by Crippen LogP contribution is -2.16. The van der Waals surface area contributed by atoms with Gasteiger partial charge in [0.15, 0.2) is 0 Å². The number of phenolic OH excluding ortho intramolecular Hbond substituents is 1. The highest BCUT2D eigenvalue weighted by Crippen LogP contribution is 2.21. The maximum absolute atomic E-state index is 11.1. The first kappa shape index (κ1) is 17.7. The van der Waals surface area contributed by atoms with Crippen LogP contribution in [0.1, 0.15) is 21.5 Å². The minimum Gasteiger partial charge on any atom is -0.508 e. The molecule has 0 fully saturated rings. The Bertz CT molecular complexity index is 888. The molecule has 3 aromatic rings. The minimum atomic E-state index is -0.918. The number of benzene rings is 3. The van der Waals surface area contributed by atoms with Crippen molar-refractivity contribution in [1.82, 2.24) is 5.32 Å². The van der Waals surface area contributed by atoms with Gasteiger partial charge in [-0.25, -0.2) is 4.79 Å². The smallest absolute Gasteiger partial charge is 0.335 e. The van der Waals surface area contributed by atoms with Gasteiger partial charge in [-0.1, -0.05) is 42.5 Å². The zero-order valence-electron chi connectivity index (χ0n) is 14.4. The molecule has 0 saturated heterocycles. The van der Waals surface area contributed by atoms with Crippen LogP contribution < -0.4 is 5.32 Å². The third-order valence-corrected chi connectivity index (χ3v) is 4.23. The van der Waals surface area contributed by atoms with Gasteiger partial charge < -0.3 is 15.5 Å². The molecule has 0 spiro atoms. The average molecular weight is 347 g/mol. The standard InChI is InChI=1S/C22H21NO3/c24-21-9-7-16(8-10-21)11-12-23-15-17-3-1-4-18(13-17)19-5-2-6-20(14-19)22(25)26/h1-10,13-14,23-24H,11-12,15H2,(H,25,26). The molecule has 3 rings (SSSR count). The molecule has 0 unspecified atom stereocenters. The number of carboxylic acids is 1. The van der Waals surface area contributed by atoms with E-state index in [4.69, 9.17) is 5.11 Å². The SMILES string of the molecule is O=C(O)c1cccc(-c2cccc(CNCCc3ccc(O)cc3)c2)c1. The van der Waals surface area contributed by atoms with Crippen LogP contribution in [0.15, 0.2) is 72.8 Å². The number of rotatable bonds is 7. The molecule has 0 aromatic heterocycles. The predicted octanol–water partition coefficient (Wildman–Crippen LogP) is 4.09. The van der Waals surface area contributed by atoms with Crippen molar-refractivity contribution < 1.29 is 15.0 Å². The number of hydrogen-bond acceptors (Lipinski definition) is 3. The molecule has 132 valence electrons. The van der Waals surface area contributed by atoms with Crippen molar-refractivity contribution in [1.29, 1.82) is 0 Å². The molecule has 0 aliphatic heterocycles. The molecule has 26 heavy (non-hydrogen) atoms. The second kappa shape index (κ2) is 8.32. The van der Waals surface area contributed by atoms with Crippen LogP contribution >= 0.6 is 0 Å². The van der Waals surface area contributed by atoms with Crippen LogP contribution in [-0.4, -0.2) is 22.7 Å². The van der Waals surface area contributed by atoms with E-state index in [9.17, 15) is 9.90 Å². The summed E-state index contributed by atoms with van der Waals surface area (Å²) in [6.07, 6.45) is 0.890. The molecule has 3 aromatic carbocycles. The van der Waals surface area contributed by atoms with Gasteiger partial charge in [-0.2, -0.15) is 0 Å². The molecule has 4 nitrogen and oxygen atoms in total. The number of aromatic carboxylic acids is 1. The Morgan fingerprint density at radius 1 is 0.846 bits per heavy atom. The molecule has 0 radical (unpaired) electrons. The van der Waals surface area contributed by atoms with Crippen LogP contribution in [0.2, 0.25) is 0 Å². The number of aromatic hydroxyl groups is 1. The summed E-state index contributed by atoms with van der Waals surface area (Å²) in [5.74, 6) is -0.635. The van der Waals surface area contributed by atoms with E-state index in [1.807, 2.05) is 30.3 Å². The summed E-state index contributed by atoms with van der Waals surface area (Å²) < 4.78 is 0. The predicted molar refractivity (Wildman–Crippen MR) is 102 cm³/mol. The van der Waals surface area contributed by atoms with Gasteiger partial charge in [0.05, 0.1) is 5.56 Å². The first-order valence-corrected chi connectivity index (χ1v) is 8.53. The summed E-state index contributed by atoms with van der Waals surface area (Å²) in [4.78, 5) is 11.1. The van der Waals surface area contributed by atoms with Crippen LogP contribution in [0.25, 0.3) is 11.1 Å². The Morgan fingerprint density at radius 3 is 2.27 bits per heavy atom. The van der Waals surface area contributed by atoms with Gasteiger partial charge in [-0.15, -0.1) is 0 Å². The van der Waals surface area contributed by atoms with Gasteiger partial charge in [0.1, 0.15) is 5.75 Å². The van der Waals surface area contributed by atoms with E-state index in [2.05, 4.69) is 17.4 Å². The number of carboxylic acid groups (broad SMARTS) is 1.